The van der Waals surface area contributed by atoms with Crippen LogP contribution < -0.4 is 10.6 Å². The molecule has 1 aliphatic carbocycles. The van der Waals surface area contributed by atoms with E-state index in [4.69, 9.17) is 9.47 Å². The fourth-order valence-electron chi connectivity index (χ4n) is 8.53. The van der Waals surface area contributed by atoms with Gasteiger partial charge in [0, 0.05) is 40.4 Å². The third-order valence-corrected chi connectivity index (χ3v) is 11.7. The van der Waals surface area contributed by atoms with Crippen LogP contribution in [-0.4, -0.2) is 58.0 Å². The van der Waals surface area contributed by atoms with Crippen molar-refractivity contribution in [2.24, 2.45) is 11.3 Å². The Morgan fingerprint density at radius 1 is 0.868 bits per heavy atom. The molecule has 1 saturated heterocycles. The molecule has 9 nitrogen and oxygen atoms in total. The molecule has 3 rings (SSSR count). The molecule has 4 N–H and O–H groups in total. The molecule has 1 aliphatic heterocycles. The van der Waals surface area contributed by atoms with Gasteiger partial charge in [0.15, 0.2) is 11.6 Å². The van der Waals surface area contributed by atoms with Crippen molar-refractivity contribution in [3.63, 3.8) is 0 Å². The molecule has 2 fully saturated rings. The van der Waals surface area contributed by atoms with Crippen molar-refractivity contribution in [2.75, 3.05) is 6.61 Å². The van der Waals surface area contributed by atoms with Gasteiger partial charge >= 0.3 is 12.0 Å². The highest BCUT2D eigenvalue weighted by Crippen LogP contribution is 2.41. The summed E-state index contributed by atoms with van der Waals surface area (Å²) in [6, 6.07) is 1.33. The lowest BCUT2D eigenvalue weighted by Crippen LogP contribution is -2.54. The van der Waals surface area contributed by atoms with E-state index in [2.05, 4.69) is 36.4 Å². The SMILES string of the molecule is CCCCCCCCCCCCCCCCCC(C)(C)NC(=O)NC1CCCCCC1C(CC(=O)O)c1[nH]ccc1C(=O)C1OC(C)(C)OCC1(C)C. The summed E-state index contributed by atoms with van der Waals surface area (Å²) >= 11 is 0. The minimum atomic E-state index is -0.927. The molecule has 0 spiro atoms. The quantitative estimate of drug-likeness (QED) is 0.0474. The molecule has 0 radical (unpaired) electrons. The van der Waals surface area contributed by atoms with E-state index >= 15 is 0 Å². The Morgan fingerprint density at radius 2 is 1.43 bits per heavy atom. The maximum absolute atomic E-state index is 14.2. The third-order valence-electron chi connectivity index (χ3n) is 11.7. The monoisotopic (exact) mass is 744 g/mol. The first-order chi connectivity index (χ1) is 25.2. The van der Waals surface area contributed by atoms with Crippen molar-refractivity contribution in [1.82, 2.24) is 15.6 Å². The number of nitrogens with one attached hydrogen (secondary N) is 3. The fraction of sp³-hybridized carbons (Fsp3) is 0.841. The van der Waals surface area contributed by atoms with E-state index in [9.17, 15) is 19.5 Å². The van der Waals surface area contributed by atoms with Gasteiger partial charge in [-0.2, -0.15) is 0 Å². The summed E-state index contributed by atoms with van der Waals surface area (Å²) in [7, 11) is 0. The minimum Gasteiger partial charge on any atom is -0.481 e. The zero-order valence-electron chi connectivity index (χ0n) is 34.7. The highest BCUT2D eigenvalue weighted by Gasteiger charge is 2.47. The van der Waals surface area contributed by atoms with Crippen molar-refractivity contribution >= 4 is 17.8 Å². The maximum Gasteiger partial charge on any atom is 0.315 e. The second kappa shape index (κ2) is 22.2. The Labute approximate surface area is 322 Å². The molecule has 9 heteroatoms. The fourth-order valence-corrected chi connectivity index (χ4v) is 8.53. The first kappa shape index (κ1) is 45.0. The number of unbranched alkanes of at least 4 members (excludes halogenated alkanes) is 14. The van der Waals surface area contributed by atoms with Gasteiger partial charge in [0.05, 0.1) is 13.0 Å². The number of ether oxygens (including phenoxy) is 2. The highest BCUT2D eigenvalue weighted by atomic mass is 16.7. The van der Waals surface area contributed by atoms with Crippen molar-refractivity contribution in [3.8, 4) is 0 Å². The first-order valence-electron chi connectivity index (χ1n) is 21.5. The van der Waals surface area contributed by atoms with E-state index in [1.54, 1.807) is 12.3 Å². The van der Waals surface area contributed by atoms with Gasteiger partial charge < -0.3 is 30.2 Å². The number of aromatic amines is 1. The topological polar surface area (TPSA) is 130 Å². The zero-order chi connectivity index (χ0) is 38.9. The number of carboxylic acids is 1. The Bertz CT molecular complexity index is 1240. The number of ketones is 1. The van der Waals surface area contributed by atoms with Crippen LogP contribution in [0.5, 0.6) is 0 Å². The molecule has 53 heavy (non-hydrogen) atoms. The van der Waals surface area contributed by atoms with Crippen LogP contribution in [0, 0.1) is 11.3 Å². The van der Waals surface area contributed by atoms with E-state index in [1.807, 2.05) is 27.7 Å². The van der Waals surface area contributed by atoms with Crippen LogP contribution in [0.15, 0.2) is 12.3 Å². The Kier molecular flexibility index (Phi) is 18.9. The van der Waals surface area contributed by atoms with Crippen molar-refractivity contribution in [2.45, 2.75) is 219 Å². The second-order valence-electron chi connectivity index (χ2n) is 18.1. The van der Waals surface area contributed by atoms with E-state index in [-0.39, 0.29) is 35.7 Å². The molecular formula is C44H77N3O6. The standard InChI is InChI=1S/C44H77N3O6/c1-8-9-10-11-12-13-14-15-16-17-18-19-20-21-25-29-43(4,5)47-41(51)46-36-27-24-22-23-26-33(36)35(31-37(48)49)38-34(28-30-45-38)39(50)40-42(2,3)32-52-44(6,7)53-40/h28,30,33,35-36,40,45H,8-27,29,31-32H2,1-7H3,(H,48,49)(H2,46,47,51). The molecular weight excluding hydrogens is 666 g/mol. The molecule has 4 unspecified atom stereocenters. The molecule has 304 valence electrons. The predicted molar refractivity (Wildman–Crippen MR) is 214 cm³/mol. The number of Topliss-reactive ketones (excluding diaryl/α,β-unsaturated/α-hetero) is 1. The lowest BCUT2D eigenvalue weighted by Gasteiger charge is -2.45. The lowest BCUT2D eigenvalue weighted by atomic mass is 9.76. The van der Waals surface area contributed by atoms with Gasteiger partial charge in [0.25, 0.3) is 0 Å². The Morgan fingerprint density at radius 3 is 2.02 bits per heavy atom. The van der Waals surface area contributed by atoms with Crippen LogP contribution in [-0.2, 0) is 14.3 Å². The average molecular weight is 744 g/mol. The van der Waals surface area contributed by atoms with Gasteiger partial charge in [0.1, 0.15) is 6.10 Å². The van der Waals surface area contributed by atoms with Crippen molar-refractivity contribution < 1.29 is 29.0 Å². The molecule has 1 aromatic heterocycles. The number of hydrogen-bond donors (Lipinski definition) is 4. The highest BCUT2D eigenvalue weighted by molar-refractivity contribution is 6.01. The van der Waals surface area contributed by atoms with Crippen LogP contribution >= 0.6 is 0 Å². The van der Waals surface area contributed by atoms with Gasteiger partial charge in [-0.3, -0.25) is 9.59 Å². The molecule has 2 heterocycles. The lowest BCUT2D eigenvalue weighted by molar-refractivity contribution is -0.298. The van der Waals surface area contributed by atoms with E-state index in [0.717, 1.165) is 44.9 Å². The normalized spacial score (nSPS) is 22.1. The summed E-state index contributed by atoms with van der Waals surface area (Å²) in [5, 5.41) is 16.7. The summed E-state index contributed by atoms with van der Waals surface area (Å²) in [5.74, 6) is -2.63. The smallest absolute Gasteiger partial charge is 0.315 e. The number of aromatic nitrogens is 1. The van der Waals surface area contributed by atoms with E-state index < -0.39 is 29.2 Å². The maximum atomic E-state index is 14.2. The summed E-state index contributed by atoms with van der Waals surface area (Å²) in [6.45, 7) is 14.3. The van der Waals surface area contributed by atoms with Gasteiger partial charge in [0.2, 0.25) is 0 Å². The van der Waals surface area contributed by atoms with Crippen LogP contribution in [0.3, 0.4) is 0 Å². The number of hydrogen-bond acceptors (Lipinski definition) is 5. The third kappa shape index (κ3) is 15.7. The Hall–Kier alpha value is -2.39. The summed E-state index contributed by atoms with van der Waals surface area (Å²) in [4.78, 5) is 43.4. The van der Waals surface area contributed by atoms with Gasteiger partial charge in [-0.05, 0) is 58.9 Å². The number of urea groups is 1. The molecule has 2 amide bonds. The predicted octanol–water partition coefficient (Wildman–Crippen LogP) is 11.2. The number of rotatable bonds is 24. The van der Waals surface area contributed by atoms with Crippen LogP contribution in [0.4, 0.5) is 4.79 Å². The number of amides is 2. The number of carbonyl (C=O) groups excluding carboxylic acids is 2. The van der Waals surface area contributed by atoms with Gasteiger partial charge in [-0.1, -0.05) is 136 Å². The van der Waals surface area contributed by atoms with Crippen LogP contribution in [0.2, 0.25) is 0 Å². The number of carboxylic acid groups (broad SMARTS) is 1. The summed E-state index contributed by atoms with van der Waals surface area (Å²) in [5.41, 5.74) is 0.162. The van der Waals surface area contributed by atoms with Gasteiger partial charge in [-0.15, -0.1) is 0 Å². The van der Waals surface area contributed by atoms with Crippen LogP contribution in [0.1, 0.15) is 212 Å². The average Bonchev–Trinajstić information content (AvgIpc) is 3.46. The molecule has 0 bridgehead atoms. The zero-order valence-corrected chi connectivity index (χ0v) is 34.7. The largest absolute Gasteiger partial charge is 0.481 e. The first-order valence-corrected chi connectivity index (χ1v) is 21.5. The molecule has 1 saturated carbocycles. The molecule has 2 aliphatic rings. The van der Waals surface area contributed by atoms with Gasteiger partial charge in [-0.25, -0.2) is 4.79 Å². The minimum absolute atomic E-state index is 0.139. The summed E-state index contributed by atoms with van der Waals surface area (Å²) in [6.07, 6.45) is 26.1. The summed E-state index contributed by atoms with van der Waals surface area (Å²) < 4.78 is 12.1. The van der Waals surface area contributed by atoms with E-state index in [1.165, 1.54) is 89.9 Å². The number of aliphatic carboxylic acids is 1. The molecule has 0 aromatic carbocycles. The van der Waals surface area contributed by atoms with E-state index in [0.29, 0.717) is 17.9 Å². The second-order valence-corrected chi connectivity index (χ2v) is 18.1. The molecule has 1 aromatic rings. The number of carbonyl (C=O) groups is 3. The molecule has 4 atom stereocenters. The Balaban J connectivity index is 1.52. The number of H-pyrrole nitrogens is 1. The van der Waals surface area contributed by atoms with Crippen LogP contribution in [0.25, 0.3) is 0 Å². The van der Waals surface area contributed by atoms with Crippen molar-refractivity contribution in [1.29, 1.82) is 0 Å². The van der Waals surface area contributed by atoms with Crippen molar-refractivity contribution in [3.05, 3.63) is 23.5 Å².